The van der Waals surface area contributed by atoms with Crippen molar-refractivity contribution < 1.29 is 5.11 Å². The number of nitrogens with one attached hydrogen (secondary N) is 1. The van der Waals surface area contributed by atoms with Crippen molar-refractivity contribution in [3.8, 4) is 0 Å². The molecule has 0 saturated heterocycles. The van der Waals surface area contributed by atoms with Gasteiger partial charge >= 0.3 is 0 Å². The van der Waals surface area contributed by atoms with E-state index >= 15 is 0 Å². The molecule has 2 heteroatoms. The van der Waals surface area contributed by atoms with Crippen molar-refractivity contribution in [1.82, 2.24) is 5.32 Å². The Bertz CT molecular complexity index is 179. The highest BCUT2D eigenvalue weighted by Gasteiger charge is 2.23. The molecule has 2 N–H and O–H groups in total. The molecule has 1 fully saturated rings. The van der Waals surface area contributed by atoms with Crippen LogP contribution >= 0.6 is 0 Å². The van der Waals surface area contributed by atoms with E-state index in [1.54, 1.807) is 0 Å². The summed E-state index contributed by atoms with van der Waals surface area (Å²) < 4.78 is 0. The van der Waals surface area contributed by atoms with Crippen molar-refractivity contribution in [2.75, 3.05) is 13.2 Å². The monoisotopic (exact) mass is 241 g/mol. The summed E-state index contributed by atoms with van der Waals surface area (Å²) in [6.45, 7) is 8.42. The largest absolute Gasteiger partial charge is 0.396 e. The van der Waals surface area contributed by atoms with Crippen LogP contribution in [-0.2, 0) is 0 Å². The molecule has 1 aliphatic rings. The zero-order valence-corrected chi connectivity index (χ0v) is 11.9. The van der Waals surface area contributed by atoms with E-state index in [-0.39, 0.29) is 0 Å². The molecule has 1 saturated carbocycles. The van der Waals surface area contributed by atoms with Gasteiger partial charge in [0.1, 0.15) is 0 Å². The molecule has 1 rings (SSSR count). The Morgan fingerprint density at radius 2 is 1.76 bits per heavy atom. The highest BCUT2D eigenvalue weighted by atomic mass is 16.3. The molecule has 3 unspecified atom stereocenters. The molecule has 17 heavy (non-hydrogen) atoms. The predicted octanol–water partition coefficient (Wildman–Crippen LogP) is 3.20. The normalized spacial score (nSPS) is 31.4. The second kappa shape index (κ2) is 8.10. The molecular weight excluding hydrogens is 210 g/mol. The lowest BCUT2D eigenvalue weighted by Crippen LogP contribution is -2.39. The fraction of sp³-hybridized carbons (Fsp3) is 1.00. The molecule has 0 bridgehead atoms. The SMILES string of the molecule is CCCC(CCO)CNC1CC(C)CC(C)C1. The van der Waals surface area contributed by atoms with E-state index in [4.69, 9.17) is 5.11 Å². The summed E-state index contributed by atoms with van der Waals surface area (Å²) in [6, 6.07) is 0.715. The maximum Gasteiger partial charge on any atom is 0.0434 e. The number of aliphatic hydroxyl groups is 1. The lowest BCUT2D eigenvalue weighted by atomic mass is 9.80. The minimum atomic E-state index is 0.337. The van der Waals surface area contributed by atoms with Crippen molar-refractivity contribution in [2.45, 2.75) is 65.3 Å². The first-order valence-corrected chi connectivity index (χ1v) is 7.49. The van der Waals surface area contributed by atoms with Crippen molar-refractivity contribution in [3.63, 3.8) is 0 Å². The summed E-state index contributed by atoms with van der Waals surface area (Å²) in [4.78, 5) is 0. The standard InChI is InChI=1S/C15H31NO/c1-4-5-14(6-7-17)11-16-15-9-12(2)8-13(3)10-15/h12-17H,4-11H2,1-3H3. The van der Waals surface area contributed by atoms with Gasteiger partial charge in [-0.15, -0.1) is 0 Å². The Labute approximate surface area is 107 Å². The van der Waals surface area contributed by atoms with E-state index in [1.165, 1.54) is 32.1 Å². The molecule has 3 atom stereocenters. The Hall–Kier alpha value is -0.0800. The highest BCUT2D eigenvalue weighted by Crippen LogP contribution is 2.28. The molecule has 102 valence electrons. The van der Waals surface area contributed by atoms with Crippen LogP contribution in [0.1, 0.15) is 59.3 Å². The molecule has 0 aromatic heterocycles. The van der Waals surface area contributed by atoms with E-state index in [1.807, 2.05) is 0 Å². The first-order valence-electron chi connectivity index (χ1n) is 7.49. The van der Waals surface area contributed by atoms with E-state index in [0.29, 0.717) is 18.6 Å². The third-order valence-electron chi connectivity index (χ3n) is 4.11. The van der Waals surface area contributed by atoms with Crippen LogP contribution in [0.25, 0.3) is 0 Å². The molecule has 0 aliphatic heterocycles. The fourth-order valence-electron chi connectivity index (χ4n) is 3.39. The maximum absolute atomic E-state index is 9.06. The second-order valence-corrected chi connectivity index (χ2v) is 6.19. The summed E-state index contributed by atoms with van der Waals surface area (Å²) in [5.41, 5.74) is 0. The highest BCUT2D eigenvalue weighted by molar-refractivity contribution is 4.80. The summed E-state index contributed by atoms with van der Waals surface area (Å²) in [6.07, 6.45) is 7.49. The second-order valence-electron chi connectivity index (χ2n) is 6.19. The predicted molar refractivity (Wildman–Crippen MR) is 74.1 cm³/mol. The lowest BCUT2D eigenvalue weighted by molar-refractivity contribution is 0.214. The first-order chi connectivity index (χ1) is 8.15. The Morgan fingerprint density at radius 3 is 2.29 bits per heavy atom. The first kappa shape index (κ1) is 15.0. The molecular formula is C15H31NO. The molecule has 1 aliphatic carbocycles. The van der Waals surface area contributed by atoms with Gasteiger partial charge in [0, 0.05) is 12.6 Å². The van der Waals surface area contributed by atoms with Crippen LogP contribution in [-0.4, -0.2) is 24.3 Å². The average Bonchev–Trinajstić information content (AvgIpc) is 2.25. The van der Waals surface area contributed by atoms with Gasteiger partial charge < -0.3 is 10.4 Å². The molecule has 0 radical (unpaired) electrons. The number of rotatable bonds is 7. The van der Waals surface area contributed by atoms with Gasteiger partial charge in [-0.3, -0.25) is 0 Å². The maximum atomic E-state index is 9.06. The summed E-state index contributed by atoms with van der Waals surface area (Å²) >= 11 is 0. The van der Waals surface area contributed by atoms with E-state index in [0.717, 1.165) is 24.8 Å². The number of aliphatic hydroxyl groups excluding tert-OH is 1. The third-order valence-corrected chi connectivity index (χ3v) is 4.11. The van der Waals surface area contributed by atoms with Gasteiger partial charge in [-0.25, -0.2) is 0 Å². The fourth-order valence-corrected chi connectivity index (χ4v) is 3.39. The van der Waals surface area contributed by atoms with E-state index < -0.39 is 0 Å². The van der Waals surface area contributed by atoms with Crippen LogP contribution in [0.4, 0.5) is 0 Å². The average molecular weight is 241 g/mol. The van der Waals surface area contributed by atoms with Gasteiger partial charge in [0.15, 0.2) is 0 Å². The Kier molecular flexibility index (Phi) is 7.14. The van der Waals surface area contributed by atoms with Gasteiger partial charge in [-0.2, -0.15) is 0 Å². The van der Waals surface area contributed by atoms with Crippen molar-refractivity contribution in [2.24, 2.45) is 17.8 Å². The number of hydrogen-bond donors (Lipinski definition) is 2. The van der Waals surface area contributed by atoms with E-state index in [9.17, 15) is 0 Å². The quantitative estimate of drug-likeness (QED) is 0.717. The summed E-state index contributed by atoms with van der Waals surface area (Å²) in [5, 5.41) is 12.8. The van der Waals surface area contributed by atoms with Crippen LogP contribution in [0.5, 0.6) is 0 Å². The van der Waals surface area contributed by atoms with Crippen LogP contribution in [0.15, 0.2) is 0 Å². The van der Waals surface area contributed by atoms with Gasteiger partial charge in [0.05, 0.1) is 0 Å². The molecule has 0 heterocycles. The molecule has 2 nitrogen and oxygen atoms in total. The van der Waals surface area contributed by atoms with Crippen molar-refractivity contribution in [3.05, 3.63) is 0 Å². The topological polar surface area (TPSA) is 32.3 Å². The van der Waals surface area contributed by atoms with Crippen LogP contribution in [0.2, 0.25) is 0 Å². The zero-order valence-electron chi connectivity index (χ0n) is 11.9. The zero-order chi connectivity index (χ0) is 12.7. The van der Waals surface area contributed by atoms with Crippen LogP contribution < -0.4 is 5.32 Å². The minimum Gasteiger partial charge on any atom is -0.396 e. The van der Waals surface area contributed by atoms with Gasteiger partial charge in [-0.05, 0) is 56.4 Å². The van der Waals surface area contributed by atoms with Crippen LogP contribution in [0.3, 0.4) is 0 Å². The van der Waals surface area contributed by atoms with Gasteiger partial charge in [0.2, 0.25) is 0 Å². The molecule has 0 aromatic rings. The van der Waals surface area contributed by atoms with Crippen molar-refractivity contribution >= 4 is 0 Å². The molecule has 0 aromatic carbocycles. The van der Waals surface area contributed by atoms with E-state index in [2.05, 4.69) is 26.1 Å². The van der Waals surface area contributed by atoms with Gasteiger partial charge in [-0.1, -0.05) is 27.2 Å². The lowest BCUT2D eigenvalue weighted by Gasteiger charge is -2.33. The smallest absolute Gasteiger partial charge is 0.0434 e. The van der Waals surface area contributed by atoms with Gasteiger partial charge in [0.25, 0.3) is 0 Å². The third kappa shape index (κ3) is 5.87. The molecule has 0 spiro atoms. The Balaban J connectivity index is 2.27. The van der Waals surface area contributed by atoms with Crippen molar-refractivity contribution in [1.29, 1.82) is 0 Å². The summed E-state index contributed by atoms with van der Waals surface area (Å²) in [7, 11) is 0. The number of hydrogen-bond acceptors (Lipinski definition) is 2. The minimum absolute atomic E-state index is 0.337. The molecule has 0 amide bonds. The van der Waals surface area contributed by atoms with Crippen LogP contribution in [0, 0.1) is 17.8 Å². The Morgan fingerprint density at radius 1 is 1.12 bits per heavy atom. The summed E-state index contributed by atoms with van der Waals surface area (Å²) in [5.74, 6) is 2.41.